The molecule has 0 aliphatic carbocycles. The first-order chi connectivity index (χ1) is 18.4. The van der Waals surface area contributed by atoms with E-state index in [4.69, 9.17) is 0 Å². The van der Waals surface area contributed by atoms with Gasteiger partial charge in [-0.1, -0.05) is 159 Å². The van der Waals surface area contributed by atoms with Gasteiger partial charge in [0.25, 0.3) is 0 Å². The molecule has 1 aromatic heterocycles. The zero-order valence-electron chi connectivity index (χ0n) is 26.5. The van der Waals surface area contributed by atoms with Crippen molar-refractivity contribution in [1.29, 1.82) is 0 Å². The molecular weight excluding hydrogens is 482 g/mol. The number of rotatable bonds is 4. The third kappa shape index (κ3) is 15.4. The molecule has 3 aromatic carbocycles. The van der Waals surface area contributed by atoms with Gasteiger partial charge in [-0.2, -0.15) is 0 Å². The minimum Gasteiger partial charge on any atom is -0.258 e. The first kappa shape index (κ1) is 36.8. The van der Waals surface area contributed by atoms with Crippen LogP contribution in [-0.2, 0) is 0 Å². The van der Waals surface area contributed by atoms with E-state index in [-0.39, 0.29) is 7.43 Å². The van der Waals surface area contributed by atoms with Gasteiger partial charge in [0.2, 0.25) is 0 Å². The summed E-state index contributed by atoms with van der Waals surface area (Å²) in [5.41, 5.74) is 9.24. The van der Waals surface area contributed by atoms with Crippen molar-refractivity contribution in [3.63, 3.8) is 0 Å². The molecule has 1 heteroatoms. The molecule has 0 bridgehead atoms. The Morgan fingerprint density at radius 1 is 0.425 bits per heavy atom. The quantitative estimate of drug-likeness (QED) is 0.251. The molecule has 0 atom stereocenters. The van der Waals surface area contributed by atoms with Crippen LogP contribution in [0.1, 0.15) is 126 Å². The van der Waals surface area contributed by atoms with Gasteiger partial charge in [-0.3, -0.25) is 4.98 Å². The number of benzene rings is 3. The van der Waals surface area contributed by atoms with E-state index >= 15 is 0 Å². The van der Waals surface area contributed by atoms with E-state index in [2.05, 4.69) is 159 Å². The number of hydrogen-bond donors (Lipinski definition) is 0. The summed E-state index contributed by atoms with van der Waals surface area (Å²) in [6.45, 7) is 23.8. The van der Waals surface area contributed by atoms with Crippen molar-refractivity contribution in [3.8, 4) is 0 Å². The smallest absolute Gasteiger partial charge is 0.0432 e. The van der Waals surface area contributed by atoms with Crippen LogP contribution >= 0.6 is 0 Å². The lowest BCUT2D eigenvalue weighted by atomic mass is 10.0. The lowest BCUT2D eigenvalue weighted by Crippen LogP contribution is -1.92. The highest BCUT2D eigenvalue weighted by atomic mass is 14.7. The second-order valence-electron chi connectivity index (χ2n) is 11.6. The van der Waals surface area contributed by atoms with Gasteiger partial charge in [-0.15, -0.1) is 0 Å². The molecule has 0 unspecified atom stereocenters. The molecule has 0 saturated heterocycles. The summed E-state index contributed by atoms with van der Waals surface area (Å²) in [5.74, 6) is 2.51. The molecule has 0 aliphatic heterocycles. The predicted molar refractivity (Wildman–Crippen MR) is 181 cm³/mol. The highest BCUT2D eigenvalue weighted by Gasteiger charge is 1.98. The number of pyridine rings is 1. The van der Waals surface area contributed by atoms with Crippen LogP contribution in [0, 0.1) is 20.8 Å². The van der Waals surface area contributed by atoms with Gasteiger partial charge in [-0.25, -0.2) is 0 Å². The van der Waals surface area contributed by atoms with Gasteiger partial charge >= 0.3 is 0 Å². The number of nitrogens with zero attached hydrogens (tertiary/aromatic N) is 1. The Bertz CT molecular complexity index is 1120. The van der Waals surface area contributed by atoms with Crippen molar-refractivity contribution in [1.82, 2.24) is 4.98 Å². The van der Waals surface area contributed by atoms with E-state index in [0.29, 0.717) is 23.7 Å². The summed E-state index contributed by atoms with van der Waals surface area (Å²) in [6.07, 6.45) is 0. The van der Waals surface area contributed by atoms with E-state index in [1.807, 2.05) is 19.1 Å². The highest BCUT2D eigenvalue weighted by molar-refractivity contribution is 5.25. The Balaban J connectivity index is 0.000000503. The van der Waals surface area contributed by atoms with E-state index in [1.54, 1.807) is 0 Å². The van der Waals surface area contributed by atoms with Crippen LogP contribution in [-0.4, -0.2) is 4.98 Å². The van der Waals surface area contributed by atoms with E-state index in [9.17, 15) is 0 Å². The fourth-order valence-corrected chi connectivity index (χ4v) is 3.70. The molecule has 40 heavy (non-hydrogen) atoms. The van der Waals surface area contributed by atoms with Crippen molar-refractivity contribution in [3.05, 3.63) is 136 Å². The van der Waals surface area contributed by atoms with Crippen molar-refractivity contribution >= 4 is 0 Å². The van der Waals surface area contributed by atoms with Gasteiger partial charge in [0.1, 0.15) is 0 Å². The zero-order chi connectivity index (χ0) is 29.4. The highest BCUT2D eigenvalue weighted by Crippen LogP contribution is 2.15. The van der Waals surface area contributed by atoms with Crippen LogP contribution in [0.5, 0.6) is 0 Å². The number of hydrogen-bond acceptors (Lipinski definition) is 1. The Hall–Kier alpha value is -3.19. The second-order valence-corrected chi connectivity index (χ2v) is 11.6. The van der Waals surface area contributed by atoms with Gasteiger partial charge in [0.05, 0.1) is 0 Å². The lowest BCUT2D eigenvalue weighted by Gasteiger charge is -2.04. The molecular formula is C39H57N. The molecule has 0 radical (unpaired) electrons. The Morgan fingerprint density at radius 3 is 1.27 bits per heavy atom. The molecule has 218 valence electrons. The van der Waals surface area contributed by atoms with Gasteiger partial charge in [0.15, 0.2) is 0 Å². The standard InChI is InChI=1S/2C10H14.C9H13N.C9H12.CH4/c1-8(2)10-6-4-9(3)5-7-10;1-8(2)10-6-4-5-9(3)7-10;1-7(2)9-6-4-5-8(3)10-9;1-8(2)9-6-4-3-5-7-9;/h2*4-8H,1-3H3;4-7H,1-3H3;3-8H,1-2H3;1H4. The average Bonchev–Trinajstić information content (AvgIpc) is 2.90. The number of aromatic nitrogens is 1. The summed E-state index contributed by atoms with van der Waals surface area (Å²) in [5, 5.41) is 0. The second kappa shape index (κ2) is 19.8. The molecule has 0 spiro atoms. The Kier molecular flexibility index (Phi) is 18.2. The van der Waals surface area contributed by atoms with Gasteiger partial charge in [0, 0.05) is 11.4 Å². The predicted octanol–water partition coefficient (Wildman–Crippen LogP) is 12.2. The third-order valence-corrected chi connectivity index (χ3v) is 6.42. The molecule has 4 aromatic rings. The van der Waals surface area contributed by atoms with Crippen molar-refractivity contribution < 1.29 is 0 Å². The zero-order valence-corrected chi connectivity index (χ0v) is 26.5. The van der Waals surface area contributed by atoms with Gasteiger partial charge in [-0.05, 0) is 73.3 Å². The maximum Gasteiger partial charge on any atom is 0.0432 e. The molecule has 0 saturated carbocycles. The van der Waals surface area contributed by atoms with Crippen LogP contribution in [0.25, 0.3) is 0 Å². The van der Waals surface area contributed by atoms with E-state index < -0.39 is 0 Å². The SMILES string of the molecule is C.CC(C)c1ccccc1.Cc1ccc(C(C)C)cc1.Cc1cccc(C(C)C)c1.Cc1cccc(C(C)C)n1. The topological polar surface area (TPSA) is 12.9 Å². The lowest BCUT2D eigenvalue weighted by molar-refractivity contribution is 0.815. The fraction of sp³-hybridized carbons (Fsp3) is 0.410. The molecule has 0 aliphatic rings. The maximum absolute atomic E-state index is 4.37. The third-order valence-electron chi connectivity index (χ3n) is 6.42. The molecule has 1 nitrogen and oxygen atoms in total. The molecule has 0 fully saturated rings. The van der Waals surface area contributed by atoms with Crippen LogP contribution in [0.15, 0.2) is 97.1 Å². The maximum atomic E-state index is 4.37. The molecule has 0 amide bonds. The van der Waals surface area contributed by atoms with Gasteiger partial charge < -0.3 is 0 Å². The monoisotopic (exact) mass is 539 g/mol. The molecule has 1 heterocycles. The largest absolute Gasteiger partial charge is 0.258 e. The van der Waals surface area contributed by atoms with Crippen LogP contribution in [0.2, 0.25) is 0 Å². The fourth-order valence-electron chi connectivity index (χ4n) is 3.70. The Labute approximate surface area is 248 Å². The minimum absolute atomic E-state index is 0. The Morgan fingerprint density at radius 2 is 0.900 bits per heavy atom. The summed E-state index contributed by atoms with van der Waals surface area (Å²) >= 11 is 0. The van der Waals surface area contributed by atoms with E-state index in [1.165, 1.54) is 33.5 Å². The molecule has 0 N–H and O–H groups in total. The molecule has 4 rings (SSSR count). The number of aryl methyl sites for hydroxylation is 3. The van der Waals surface area contributed by atoms with Crippen molar-refractivity contribution in [2.45, 2.75) is 107 Å². The van der Waals surface area contributed by atoms with Crippen LogP contribution < -0.4 is 0 Å². The van der Waals surface area contributed by atoms with Crippen LogP contribution in [0.4, 0.5) is 0 Å². The van der Waals surface area contributed by atoms with Crippen LogP contribution in [0.3, 0.4) is 0 Å². The first-order valence-electron chi connectivity index (χ1n) is 14.5. The normalized spacial score (nSPS) is 10.1. The van der Waals surface area contributed by atoms with Crippen molar-refractivity contribution in [2.24, 2.45) is 0 Å². The van der Waals surface area contributed by atoms with Crippen molar-refractivity contribution in [2.75, 3.05) is 0 Å². The summed E-state index contributed by atoms with van der Waals surface area (Å²) in [6, 6.07) is 34.0. The summed E-state index contributed by atoms with van der Waals surface area (Å²) in [7, 11) is 0. The average molecular weight is 540 g/mol. The first-order valence-corrected chi connectivity index (χ1v) is 14.5. The minimum atomic E-state index is 0. The summed E-state index contributed by atoms with van der Waals surface area (Å²) in [4.78, 5) is 4.37. The van der Waals surface area contributed by atoms with E-state index in [0.717, 1.165) is 5.69 Å². The summed E-state index contributed by atoms with van der Waals surface area (Å²) < 4.78 is 0.